The van der Waals surface area contributed by atoms with E-state index >= 15 is 0 Å². The van der Waals surface area contributed by atoms with Gasteiger partial charge < -0.3 is 14.7 Å². The minimum Gasteiger partial charge on any atom is -0.496 e. The molecule has 0 bridgehead atoms. The zero-order valence-corrected chi connectivity index (χ0v) is 12.7. The number of carbonyl (C=O) groups excluding carboxylic acids is 1. The van der Waals surface area contributed by atoms with Gasteiger partial charge in [0.25, 0.3) is 0 Å². The number of likely N-dealkylation sites (tertiary alicyclic amines) is 1. The Morgan fingerprint density at radius 2 is 2.30 bits per heavy atom. The lowest BCUT2D eigenvalue weighted by molar-refractivity contribution is -0.147. The molecule has 0 aromatic heterocycles. The molecule has 1 unspecified atom stereocenters. The topological polar surface area (TPSA) is 66.8 Å². The lowest BCUT2D eigenvalue weighted by Gasteiger charge is -2.30. The van der Waals surface area contributed by atoms with Gasteiger partial charge >= 0.3 is 5.97 Å². The summed E-state index contributed by atoms with van der Waals surface area (Å²) in [4.78, 5) is 24.5. The highest BCUT2D eigenvalue weighted by Gasteiger charge is 2.29. The molecule has 108 valence electrons. The van der Waals surface area contributed by atoms with Crippen molar-refractivity contribution < 1.29 is 19.4 Å². The second kappa shape index (κ2) is 6.26. The predicted molar refractivity (Wildman–Crippen MR) is 76.5 cm³/mol. The number of carbonyl (C=O) groups is 2. The second-order valence-corrected chi connectivity index (χ2v) is 5.67. The van der Waals surface area contributed by atoms with E-state index in [9.17, 15) is 9.59 Å². The minimum atomic E-state index is -0.835. The third-order valence-corrected chi connectivity index (χ3v) is 4.06. The van der Waals surface area contributed by atoms with Gasteiger partial charge in [-0.15, -0.1) is 0 Å². The number of hydrogen-bond donors (Lipinski definition) is 1. The van der Waals surface area contributed by atoms with Crippen molar-refractivity contribution >= 4 is 27.8 Å². The monoisotopic (exact) mass is 341 g/mol. The number of methoxy groups -OCH3 is 1. The molecule has 0 radical (unpaired) electrons. The molecule has 1 aliphatic rings. The molecule has 2 rings (SSSR count). The highest BCUT2D eigenvalue weighted by molar-refractivity contribution is 9.10. The maximum atomic E-state index is 11.9. The number of ether oxygens (including phenoxy) is 1. The van der Waals surface area contributed by atoms with E-state index < -0.39 is 11.9 Å². The van der Waals surface area contributed by atoms with Crippen LogP contribution in [0.1, 0.15) is 18.4 Å². The number of rotatable bonds is 4. The van der Waals surface area contributed by atoms with Crippen molar-refractivity contribution in [3.8, 4) is 5.75 Å². The van der Waals surface area contributed by atoms with Crippen molar-refractivity contribution in [2.45, 2.75) is 19.4 Å². The molecule has 1 aliphatic heterocycles. The number of nitrogens with zero attached hydrogens (tertiary/aromatic N) is 1. The first-order chi connectivity index (χ1) is 9.51. The van der Waals surface area contributed by atoms with Crippen molar-refractivity contribution in [2.24, 2.45) is 5.92 Å². The summed E-state index contributed by atoms with van der Waals surface area (Å²) in [6.45, 7) is 0.697. The molecule has 1 fully saturated rings. The van der Waals surface area contributed by atoms with Crippen molar-refractivity contribution in [3.63, 3.8) is 0 Å². The molecule has 1 saturated heterocycles. The number of aliphatic carboxylic acids is 1. The molecule has 1 N–H and O–H groups in total. The van der Waals surface area contributed by atoms with Crippen molar-refractivity contribution in [1.29, 1.82) is 0 Å². The predicted octanol–water partition coefficient (Wildman–Crippen LogP) is 2.28. The molecule has 0 spiro atoms. The Bertz CT molecular complexity index is 532. The summed E-state index contributed by atoms with van der Waals surface area (Å²) >= 11 is 3.40. The first-order valence-corrected chi connectivity index (χ1v) is 7.13. The quantitative estimate of drug-likeness (QED) is 0.912. The van der Waals surface area contributed by atoms with Crippen LogP contribution >= 0.6 is 15.9 Å². The van der Waals surface area contributed by atoms with E-state index in [4.69, 9.17) is 9.84 Å². The molecule has 1 amide bonds. The summed E-state index contributed by atoms with van der Waals surface area (Å²) < 4.78 is 5.97. The number of carboxylic acid groups (broad SMARTS) is 1. The summed E-state index contributed by atoms with van der Waals surface area (Å²) in [6, 6.07) is 5.58. The summed E-state index contributed by atoms with van der Waals surface area (Å²) in [5, 5.41) is 9.06. The number of carboxylic acids is 1. The van der Waals surface area contributed by atoms with E-state index in [0.29, 0.717) is 19.4 Å². The van der Waals surface area contributed by atoms with Crippen molar-refractivity contribution in [2.75, 3.05) is 13.7 Å². The molecule has 6 heteroatoms. The van der Waals surface area contributed by atoms with Crippen LogP contribution in [0.15, 0.2) is 22.7 Å². The third-order valence-electron chi connectivity index (χ3n) is 3.44. The van der Waals surface area contributed by atoms with Gasteiger partial charge in [0, 0.05) is 19.5 Å². The average molecular weight is 342 g/mol. The van der Waals surface area contributed by atoms with Crippen LogP contribution in [0.4, 0.5) is 0 Å². The SMILES string of the molecule is COc1ccc(CN2CC(C(=O)O)CCC2=O)cc1Br. The Balaban J connectivity index is 2.09. The van der Waals surface area contributed by atoms with Crippen LogP contribution in [0.5, 0.6) is 5.75 Å². The van der Waals surface area contributed by atoms with E-state index in [1.807, 2.05) is 18.2 Å². The Labute approximate surface area is 125 Å². The van der Waals surface area contributed by atoms with E-state index in [-0.39, 0.29) is 12.5 Å². The van der Waals surface area contributed by atoms with Crippen LogP contribution in [0, 0.1) is 5.92 Å². The minimum absolute atomic E-state index is 0.00874. The Hall–Kier alpha value is -1.56. The largest absolute Gasteiger partial charge is 0.496 e. The van der Waals surface area contributed by atoms with Crippen LogP contribution < -0.4 is 4.74 Å². The number of benzene rings is 1. The van der Waals surface area contributed by atoms with Crippen LogP contribution in [-0.4, -0.2) is 35.5 Å². The van der Waals surface area contributed by atoms with E-state index in [1.54, 1.807) is 12.0 Å². The van der Waals surface area contributed by atoms with Crippen LogP contribution in [0.3, 0.4) is 0 Å². The van der Waals surface area contributed by atoms with Crippen LogP contribution in [-0.2, 0) is 16.1 Å². The molecular weight excluding hydrogens is 326 g/mol. The van der Waals surface area contributed by atoms with E-state index in [0.717, 1.165) is 15.8 Å². The highest BCUT2D eigenvalue weighted by Crippen LogP contribution is 2.27. The summed E-state index contributed by atoms with van der Waals surface area (Å²) in [6.07, 6.45) is 0.727. The Morgan fingerprint density at radius 1 is 1.55 bits per heavy atom. The van der Waals surface area contributed by atoms with Gasteiger partial charge in [0.05, 0.1) is 17.5 Å². The molecule has 20 heavy (non-hydrogen) atoms. The number of hydrogen-bond acceptors (Lipinski definition) is 3. The zero-order chi connectivity index (χ0) is 14.7. The van der Waals surface area contributed by atoms with Crippen LogP contribution in [0.2, 0.25) is 0 Å². The van der Waals surface area contributed by atoms with Gasteiger partial charge in [-0.2, -0.15) is 0 Å². The smallest absolute Gasteiger partial charge is 0.308 e. The first kappa shape index (κ1) is 14.8. The van der Waals surface area contributed by atoms with Crippen molar-refractivity contribution in [1.82, 2.24) is 4.90 Å². The second-order valence-electron chi connectivity index (χ2n) is 4.82. The van der Waals surface area contributed by atoms with Gasteiger partial charge in [-0.1, -0.05) is 6.07 Å². The van der Waals surface area contributed by atoms with Gasteiger partial charge in [0.2, 0.25) is 5.91 Å². The molecular formula is C14H16BrNO4. The fourth-order valence-corrected chi connectivity index (χ4v) is 2.89. The molecule has 0 aliphatic carbocycles. The molecule has 1 heterocycles. The maximum Gasteiger partial charge on any atom is 0.308 e. The molecule has 1 aromatic carbocycles. The average Bonchev–Trinajstić information content (AvgIpc) is 2.41. The number of amides is 1. The van der Waals surface area contributed by atoms with Gasteiger partial charge in [-0.05, 0) is 40.0 Å². The number of halogens is 1. The Kier molecular flexibility index (Phi) is 4.65. The fraction of sp³-hybridized carbons (Fsp3) is 0.429. The standard InChI is InChI=1S/C14H16BrNO4/c1-20-12-4-2-9(6-11(12)15)7-16-8-10(14(18)19)3-5-13(16)17/h2,4,6,10H,3,5,7-8H2,1H3,(H,18,19). The lowest BCUT2D eigenvalue weighted by Crippen LogP contribution is -2.42. The zero-order valence-electron chi connectivity index (χ0n) is 11.1. The van der Waals surface area contributed by atoms with Gasteiger partial charge in [0.1, 0.15) is 5.75 Å². The van der Waals surface area contributed by atoms with Gasteiger partial charge in [-0.3, -0.25) is 9.59 Å². The molecule has 0 saturated carbocycles. The Morgan fingerprint density at radius 3 is 2.90 bits per heavy atom. The fourth-order valence-electron chi connectivity index (χ4n) is 2.30. The summed E-state index contributed by atoms with van der Waals surface area (Å²) in [5.41, 5.74) is 0.942. The number of piperidine rings is 1. The van der Waals surface area contributed by atoms with Crippen molar-refractivity contribution in [3.05, 3.63) is 28.2 Å². The summed E-state index contributed by atoms with van der Waals surface area (Å²) in [7, 11) is 1.59. The lowest BCUT2D eigenvalue weighted by atomic mass is 9.97. The molecule has 5 nitrogen and oxygen atoms in total. The normalized spacial score (nSPS) is 19.0. The molecule has 1 aromatic rings. The maximum absolute atomic E-state index is 11.9. The van der Waals surface area contributed by atoms with Crippen LogP contribution in [0.25, 0.3) is 0 Å². The van der Waals surface area contributed by atoms with E-state index in [2.05, 4.69) is 15.9 Å². The highest BCUT2D eigenvalue weighted by atomic mass is 79.9. The third kappa shape index (κ3) is 3.30. The molecule has 1 atom stereocenters. The van der Waals surface area contributed by atoms with E-state index in [1.165, 1.54) is 0 Å². The summed E-state index contributed by atoms with van der Waals surface area (Å²) in [5.74, 6) is -0.565. The van der Waals surface area contributed by atoms with Gasteiger partial charge in [-0.25, -0.2) is 0 Å². The first-order valence-electron chi connectivity index (χ1n) is 6.34. The van der Waals surface area contributed by atoms with Gasteiger partial charge in [0.15, 0.2) is 0 Å².